The number of aliphatic carboxylic acids is 2. The van der Waals surface area contributed by atoms with Crippen LogP contribution < -0.4 is 21.1 Å². The number of anilines is 1. The van der Waals surface area contributed by atoms with Gasteiger partial charge in [-0.2, -0.15) is 26.3 Å². The molecule has 4 unspecified atom stereocenters. The third kappa shape index (κ3) is 11.4. The van der Waals surface area contributed by atoms with Gasteiger partial charge in [0.15, 0.2) is 0 Å². The molecule has 6 N–H and O–H groups in total. The van der Waals surface area contributed by atoms with E-state index in [1.807, 2.05) is 36.4 Å². The number of alkyl halides is 6. The van der Waals surface area contributed by atoms with Crippen molar-refractivity contribution in [2.75, 3.05) is 18.4 Å². The van der Waals surface area contributed by atoms with Gasteiger partial charge in [-0.15, -0.1) is 0 Å². The Bertz CT molecular complexity index is 1770. The molecule has 1 heterocycles. The van der Waals surface area contributed by atoms with Crippen LogP contribution in [0.15, 0.2) is 65.7 Å². The van der Waals surface area contributed by atoms with E-state index in [2.05, 4.69) is 62.6 Å². The average Bonchev–Trinajstić information content (AvgIpc) is 3.11. The molecule has 10 nitrogen and oxygen atoms in total. The first-order chi connectivity index (χ1) is 25.3. The largest absolute Gasteiger partial charge is 0.490 e. The molecule has 294 valence electrons. The molecule has 0 bridgehead atoms. The zero-order valence-corrected chi connectivity index (χ0v) is 30.1. The minimum Gasteiger partial charge on any atom is -0.489 e. The highest BCUT2D eigenvalue weighted by molar-refractivity contribution is 5.96. The van der Waals surface area contributed by atoms with Crippen LogP contribution >= 0.6 is 0 Å². The van der Waals surface area contributed by atoms with Crippen LogP contribution in [0, 0.1) is 18.8 Å². The zero-order valence-electron chi connectivity index (χ0n) is 30.1. The monoisotopic (exact) mass is 766 g/mol. The molecular formula is C38H44F6N4O6. The number of benzene rings is 3. The van der Waals surface area contributed by atoms with E-state index in [0.29, 0.717) is 19.0 Å². The van der Waals surface area contributed by atoms with Gasteiger partial charge in [0.05, 0.1) is 0 Å². The molecule has 1 aliphatic heterocycles. The van der Waals surface area contributed by atoms with Crippen molar-refractivity contribution in [3.8, 4) is 5.75 Å². The highest BCUT2D eigenvalue weighted by Crippen LogP contribution is 2.51. The van der Waals surface area contributed by atoms with Crippen LogP contribution in [0.1, 0.15) is 77.7 Å². The zero-order chi connectivity index (χ0) is 40.4. The van der Waals surface area contributed by atoms with Gasteiger partial charge in [0, 0.05) is 73.0 Å². The van der Waals surface area contributed by atoms with Gasteiger partial charge >= 0.3 is 24.3 Å². The molecular weight excluding hydrogens is 722 g/mol. The van der Waals surface area contributed by atoms with E-state index in [0.717, 1.165) is 59.6 Å². The second kappa shape index (κ2) is 18.8. The number of carboxylic acids is 2. The van der Waals surface area contributed by atoms with Crippen molar-refractivity contribution in [3.05, 3.63) is 94.0 Å². The lowest BCUT2D eigenvalue weighted by atomic mass is 9.66. The molecule has 0 radical (unpaired) electrons. The quantitative estimate of drug-likeness (QED) is 0.147. The SMILES string of the molecule is CCN=C1CC2Oc3cc(NCC)c(C)cc3C(c3ccccc3C(=O)NCc3ccc(CN)cc3)C2CC1C.O=C(O)C(F)(F)F.O=C(O)C(F)(F)F. The summed E-state index contributed by atoms with van der Waals surface area (Å²) in [6.45, 7) is 11.2. The Kier molecular flexibility index (Phi) is 15.0. The maximum Gasteiger partial charge on any atom is 0.490 e. The Morgan fingerprint density at radius 1 is 0.907 bits per heavy atom. The number of nitrogens with zero attached hydrogens (tertiary/aromatic N) is 1. The standard InChI is InChI=1S/C34H42N4O2.2C2HF3O2/c1-5-36-29-17-31-27(15-21(29)3)33(28-16-22(4)30(37-6-2)18-32(28)40-31)25-9-7-8-10-26(25)34(39)38-20-24-13-11-23(19-35)12-14-24;2*3-2(4,5)1(6)7/h7-15,17,22,28,32-33,36H,5-6,16,18-20,35H2,1-4H3,(H,38,39);2*(H,6,7). The van der Waals surface area contributed by atoms with Crippen LogP contribution in [0.2, 0.25) is 0 Å². The first kappa shape index (κ1) is 43.3. The lowest BCUT2D eigenvalue weighted by Crippen LogP contribution is -2.44. The third-order valence-corrected chi connectivity index (χ3v) is 8.95. The summed E-state index contributed by atoms with van der Waals surface area (Å²) in [5, 5.41) is 20.9. The van der Waals surface area contributed by atoms with Gasteiger partial charge in [0.25, 0.3) is 5.91 Å². The fourth-order valence-corrected chi connectivity index (χ4v) is 6.43. The smallest absolute Gasteiger partial charge is 0.489 e. The number of hydrogen-bond donors (Lipinski definition) is 5. The second-order valence-electron chi connectivity index (χ2n) is 12.7. The Balaban J connectivity index is 0.000000476. The van der Waals surface area contributed by atoms with E-state index in [4.69, 9.17) is 35.3 Å². The lowest BCUT2D eigenvalue weighted by molar-refractivity contribution is -0.193. The van der Waals surface area contributed by atoms with Crippen molar-refractivity contribution in [1.29, 1.82) is 0 Å². The molecule has 16 heteroatoms. The number of rotatable bonds is 8. The average molecular weight is 767 g/mol. The first-order valence-corrected chi connectivity index (χ1v) is 17.2. The lowest BCUT2D eigenvalue weighted by Gasteiger charge is -2.45. The van der Waals surface area contributed by atoms with E-state index >= 15 is 0 Å². The molecule has 0 spiro atoms. The van der Waals surface area contributed by atoms with E-state index in [1.165, 1.54) is 16.8 Å². The molecule has 4 atom stereocenters. The number of aliphatic imine (C=N–C) groups is 1. The van der Waals surface area contributed by atoms with Gasteiger partial charge in [0.1, 0.15) is 11.9 Å². The number of halogens is 6. The molecule has 1 saturated carbocycles. The number of carboxylic acid groups (broad SMARTS) is 2. The predicted octanol–water partition coefficient (Wildman–Crippen LogP) is 7.48. The number of nitrogens with two attached hydrogens (primary N) is 1. The summed E-state index contributed by atoms with van der Waals surface area (Å²) in [6, 6.07) is 20.6. The number of carbonyl (C=O) groups is 3. The summed E-state index contributed by atoms with van der Waals surface area (Å²) in [6.07, 6.45) is -8.34. The highest BCUT2D eigenvalue weighted by Gasteiger charge is 2.45. The number of amides is 1. The highest BCUT2D eigenvalue weighted by atomic mass is 19.4. The van der Waals surface area contributed by atoms with Crippen molar-refractivity contribution in [2.45, 2.75) is 78.0 Å². The van der Waals surface area contributed by atoms with Crippen molar-refractivity contribution in [1.82, 2.24) is 5.32 Å². The van der Waals surface area contributed by atoms with Crippen LogP contribution in [-0.2, 0) is 22.7 Å². The van der Waals surface area contributed by atoms with Crippen molar-refractivity contribution in [2.24, 2.45) is 22.6 Å². The molecule has 3 aromatic rings. The number of aryl methyl sites for hydroxylation is 1. The molecule has 0 aromatic heterocycles. The van der Waals surface area contributed by atoms with Crippen LogP contribution in [-0.4, -0.2) is 65.3 Å². The Morgan fingerprint density at radius 2 is 1.48 bits per heavy atom. The molecule has 54 heavy (non-hydrogen) atoms. The number of hydrogen-bond acceptors (Lipinski definition) is 7. The van der Waals surface area contributed by atoms with Crippen molar-refractivity contribution >= 4 is 29.2 Å². The van der Waals surface area contributed by atoms with Crippen LogP contribution in [0.5, 0.6) is 5.75 Å². The van der Waals surface area contributed by atoms with E-state index in [1.54, 1.807) is 0 Å². The summed E-state index contributed by atoms with van der Waals surface area (Å²) < 4.78 is 70.2. The van der Waals surface area contributed by atoms with E-state index < -0.39 is 24.3 Å². The summed E-state index contributed by atoms with van der Waals surface area (Å²) in [7, 11) is 0. The van der Waals surface area contributed by atoms with Crippen LogP contribution in [0.3, 0.4) is 0 Å². The maximum absolute atomic E-state index is 13.7. The third-order valence-electron chi connectivity index (χ3n) is 8.95. The summed E-state index contributed by atoms with van der Waals surface area (Å²) >= 11 is 0. The van der Waals surface area contributed by atoms with Crippen molar-refractivity contribution < 1.29 is 55.7 Å². The molecule has 1 fully saturated rings. The first-order valence-electron chi connectivity index (χ1n) is 17.2. The normalized spacial score (nSPS) is 19.7. The molecule has 0 saturated heterocycles. The minimum absolute atomic E-state index is 0.0216. The van der Waals surface area contributed by atoms with Gasteiger partial charge in [0.2, 0.25) is 0 Å². The number of fused-ring (bicyclic) bond motifs is 2. The van der Waals surface area contributed by atoms with E-state index in [-0.39, 0.29) is 23.8 Å². The van der Waals surface area contributed by atoms with Gasteiger partial charge in [-0.3, -0.25) is 9.79 Å². The summed E-state index contributed by atoms with van der Waals surface area (Å²) in [5.74, 6) is -3.97. The maximum atomic E-state index is 13.7. The van der Waals surface area contributed by atoms with Gasteiger partial charge in [-0.05, 0) is 67.5 Å². The Hall–Kier alpha value is -5.12. The number of carbonyl (C=O) groups excluding carboxylic acids is 1. The fourth-order valence-electron chi connectivity index (χ4n) is 6.43. The van der Waals surface area contributed by atoms with Crippen LogP contribution in [0.25, 0.3) is 0 Å². The Labute approximate surface area is 308 Å². The van der Waals surface area contributed by atoms with Crippen molar-refractivity contribution in [3.63, 3.8) is 0 Å². The molecule has 3 aromatic carbocycles. The topological polar surface area (TPSA) is 163 Å². The second-order valence-corrected chi connectivity index (χ2v) is 12.7. The summed E-state index contributed by atoms with van der Waals surface area (Å²) in [5.41, 5.74) is 14.4. The number of ether oxygens (including phenoxy) is 1. The number of nitrogens with one attached hydrogen (secondary N) is 2. The van der Waals surface area contributed by atoms with Gasteiger partial charge in [-0.1, -0.05) is 49.4 Å². The van der Waals surface area contributed by atoms with Gasteiger partial charge in [-0.25, -0.2) is 9.59 Å². The van der Waals surface area contributed by atoms with E-state index in [9.17, 15) is 31.1 Å². The minimum atomic E-state index is -5.08. The fraction of sp³-hybridized carbons (Fsp3) is 0.421. The Morgan fingerprint density at radius 3 is 2.02 bits per heavy atom. The van der Waals surface area contributed by atoms with Gasteiger partial charge < -0.3 is 31.3 Å². The predicted molar refractivity (Wildman–Crippen MR) is 191 cm³/mol. The van der Waals surface area contributed by atoms with Crippen LogP contribution in [0.4, 0.5) is 32.0 Å². The summed E-state index contributed by atoms with van der Waals surface area (Å²) in [4.78, 5) is 36.3. The molecule has 2 aliphatic rings. The molecule has 1 amide bonds. The molecule has 1 aliphatic carbocycles. The molecule has 5 rings (SSSR count).